The van der Waals surface area contributed by atoms with Crippen molar-refractivity contribution in [3.63, 3.8) is 0 Å². The zero-order chi connectivity index (χ0) is 17.0. The van der Waals surface area contributed by atoms with Gasteiger partial charge in [-0.2, -0.15) is 0 Å². The van der Waals surface area contributed by atoms with Crippen LogP contribution in [0.3, 0.4) is 0 Å². The van der Waals surface area contributed by atoms with Gasteiger partial charge < -0.3 is 14.2 Å². The lowest BCUT2D eigenvalue weighted by molar-refractivity contribution is -0.151. The Balaban J connectivity index is 5.18. The Morgan fingerprint density at radius 3 is 1.86 bits per heavy atom. The molecule has 0 aromatic rings. The Morgan fingerprint density at radius 2 is 1.45 bits per heavy atom. The van der Waals surface area contributed by atoms with Crippen LogP contribution in [-0.4, -0.2) is 31.1 Å². The molecular weight excluding hydrogens is 288 g/mol. The van der Waals surface area contributed by atoms with Gasteiger partial charge in [-0.15, -0.1) is 0 Å². The molecule has 6 heteroatoms. The predicted octanol–water partition coefficient (Wildman–Crippen LogP) is 2.68. The molecule has 0 unspecified atom stereocenters. The average molecular weight is 312 g/mol. The van der Waals surface area contributed by atoms with E-state index in [-0.39, 0.29) is 18.8 Å². The van der Waals surface area contributed by atoms with Gasteiger partial charge in [-0.25, -0.2) is 9.59 Å². The summed E-state index contributed by atoms with van der Waals surface area (Å²) in [6.07, 6.45) is 4.18. The van der Waals surface area contributed by atoms with E-state index in [1.54, 1.807) is 0 Å². The third-order valence-corrected chi connectivity index (χ3v) is 2.56. The van der Waals surface area contributed by atoms with Gasteiger partial charge in [0, 0.05) is 6.92 Å². The summed E-state index contributed by atoms with van der Waals surface area (Å²) in [6.45, 7) is 8.87. The fourth-order valence-electron chi connectivity index (χ4n) is 1.38. The molecule has 0 saturated heterocycles. The van der Waals surface area contributed by atoms with Crippen molar-refractivity contribution < 1.29 is 28.6 Å². The molecule has 22 heavy (non-hydrogen) atoms. The topological polar surface area (TPSA) is 78.9 Å². The minimum atomic E-state index is -0.883. The highest BCUT2D eigenvalue weighted by Gasteiger charge is 2.24. The van der Waals surface area contributed by atoms with Crippen molar-refractivity contribution in [2.75, 3.05) is 13.2 Å². The molecule has 6 nitrogen and oxygen atoms in total. The third kappa shape index (κ3) is 7.61. The third-order valence-electron chi connectivity index (χ3n) is 2.56. The van der Waals surface area contributed by atoms with Gasteiger partial charge in [0.15, 0.2) is 0 Å². The lowest BCUT2D eigenvalue weighted by Gasteiger charge is -2.11. The maximum Gasteiger partial charge on any atom is 0.375 e. The second-order valence-electron chi connectivity index (χ2n) is 4.52. The van der Waals surface area contributed by atoms with Crippen LogP contribution in [0, 0.1) is 0 Å². The van der Waals surface area contributed by atoms with Gasteiger partial charge in [0.2, 0.25) is 5.76 Å². The van der Waals surface area contributed by atoms with E-state index in [4.69, 9.17) is 14.2 Å². The summed E-state index contributed by atoms with van der Waals surface area (Å²) >= 11 is 0. The number of unbranched alkanes of at least 4 members (excludes halogenated alkanes) is 2. The molecular formula is C16H24O6. The van der Waals surface area contributed by atoms with Gasteiger partial charge in [-0.3, -0.25) is 4.79 Å². The summed E-state index contributed by atoms with van der Waals surface area (Å²) in [7, 11) is 0. The quantitative estimate of drug-likeness (QED) is 0.154. The van der Waals surface area contributed by atoms with Gasteiger partial charge in [-0.1, -0.05) is 39.3 Å². The highest BCUT2D eigenvalue weighted by atomic mass is 16.6. The van der Waals surface area contributed by atoms with E-state index < -0.39 is 23.7 Å². The van der Waals surface area contributed by atoms with Crippen LogP contribution in [0.5, 0.6) is 0 Å². The Kier molecular flexibility index (Phi) is 10.4. The molecule has 0 aromatic heterocycles. The van der Waals surface area contributed by atoms with E-state index in [2.05, 4.69) is 6.58 Å². The van der Waals surface area contributed by atoms with Gasteiger partial charge in [0.1, 0.15) is 5.57 Å². The van der Waals surface area contributed by atoms with Crippen LogP contribution in [0.2, 0.25) is 0 Å². The molecule has 0 radical (unpaired) electrons. The minimum Gasteiger partial charge on any atom is -0.462 e. The SMILES string of the molecule is C=C/C(C(=O)OCCCC)=C(/OC(C)=O)C(=O)OCCCC. The van der Waals surface area contributed by atoms with Crippen LogP contribution < -0.4 is 0 Å². The molecule has 0 saturated carbocycles. The van der Waals surface area contributed by atoms with E-state index in [9.17, 15) is 14.4 Å². The Morgan fingerprint density at radius 1 is 0.955 bits per heavy atom. The molecule has 0 spiro atoms. The predicted molar refractivity (Wildman–Crippen MR) is 80.7 cm³/mol. The minimum absolute atomic E-state index is 0.176. The first-order valence-electron chi connectivity index (χ1n) is 7.37. The van der Waals surface area contributed by atoms with E-state index in [1.807, 2.05) is 13.8 Å². The van der Waals surface area contributed by atoms with Crippen LogP contribution >= 0.6 is 0 Å². The smallest absolute Gasteiger partial charge is 0.375 e. The summed E-state index contributed by atoms with van der Waals surface area (Å²) < 4.78 is 14.8. The highest BCUT2D eigenvalue weighted by Crippen LogP contribution is 2.13. The first-order valence-corrected chi connectivity index (χ1v) is 7.37. The maximum atomic E-state index is 12.0. The van der Waals surface area contributed by atoms with Gasteiger partial charge in [0.25, 0.3) is 0 Å². The van der Waals surface area contributed by atoms with E-state index in [0.29, 0.717) is 12.8 Å². The lowest BCUT2D eigenvalue weighted by atomic mass is 10.2. The Labute approximate surface area is 131 Å². The van der Waals surface area contributed by atoms with Crippen LogP contribution in [-0.2, 0) is 28.6 Å². The van der Waals surface area contributed by atoms with Crippen molar-refractivity contribution in [3.8, 4) is 0 Å². The number of ether oxygens (including phenoxy) is 3. The van der Waals surface area contributed by atoms with Crippen LogP contribution in [0.1, 0.15) is 46.5 Å². The highest BCUT2D eigenvalue weighted by molar-refractivity contribution is 6.02. The average Bonchev–Trinajstić information content (AvgIpc) is 2.47. The fourth-order valence-corrected chi connectivity index (χ4v) is 1.38. The van der Waals surface area contributed by atoms with Crippen molar-refractivity contribution in [2.24, 2.45) is 0 Å². The largest absolute Gasteiger partial charge is 0.462 e. The number of carbonyl (C=O) groups excluding carboxylic acids is 3. The monoisotopic (exact) mass is 312 g/mol. The van der Waals surface area contributed by atoms with E-state index >= 15 is 0 Å². The first kappa shape index (κ1) is 19.9. The van der Waals surface area contributed by atoms with Crippen LogP contribution in [0.15, 0.2) is 24.0 Å². The second kappa shape index (κ2) is 11.5. The maximum absolute atomic E-state index is 12.0. The molecule has 0 bridgehead atoms. The fraction of sp³-hybridized carbons (Fsp3) is 0.562. The van der Waals surface area contributed by atoms with Crippen molar-refractivity contribution >= 4 is 17.9 Å². The normalized spacial score (nSPS) is 11.2. The molecule has 0 aliphatic rings. The van der Waals surface area contributed by atoms with Gasteiger partial charge in [0.05, 0.1) is 13.2 Å². The summed E-state index contributed by atoms with van der Waals surface area (Å²) in [5, 5.41) is 0. The molecule has 0 atom stereocenters. The molecule has 0 rings (SSSR count). The number of hydrogen-bond donors (Lipinski definition) is 0. The summed E-state index contributed by atoms with van der Waals surface area (Å²) in [5.41, 5.74) is -0.215. The number of rotatable bonds is 10. The van der Waals surface area contributed by atoms with Crippen LogP contribution in [0.4, 0.5) is 0 Å². The van der Waals surface area contributed by atoms with Crippen molar-refractivity contribution in [1.82, 2.24) is 0 Å². The van der Waals surface area contributed by atoms with Crippen molar-refractivity contribution in [2.45, 2.75) is 46.5 Å². The van der Waals surface area contributed by atoms with Crippen molar-refractivity contribution in [3.05, 3.63) is 24.0 Å². The van der Waals surface area contributed by atoms with Gasteiger partial charge >= 0.3 is 17.9 Å². The van der Waals surface area contributed by atoms with E-state index in [0.717, 1.165) is 25.8 Å². The zero-order valence-electron chi connectivity index (χ0n) is 13.5. The number of hydrogen-bond acceptors (Lipinski definition) is 6. The molecule has 0 N–H and O–H groups in total. The number of carbonyl (C=O) groups is 3. The zero-order valence-corrected chi connectivity index (χ0v) is 13.5. The molecule has 0 amide bonds. The molecule has 0 aromatic carbocycles. The van der Waals surface area contributed by atoms with E-state index in [1.165, 1.54) is 0 Å². The molecule has 0 aliphatic carbocycles. The molecule has 0 aliphatic heterocycles. The number of esters is 3. The van der Waals surface area contributed by atoms with Crippen LogP contribution in [0.25, 0.3) is 0 Å². The Bertz CT molecular complexity index is 436. The second-order valence-corrected chi connectivity index (χ2v) is 4.52. The van der Waals surface area contributed by atoms with Gasteiger partial charge in [-0.05, 0) is 12.8 Å². The summed E-state index contributed by atoms with van der Waals surface area (Å²) in [4.78, 5) is 35.1. The molecule has 124 valence electrons. The first-order chi connectivity index (χ1) is 10.5. The summed E-state index contributed by atoms with van der Waals surface area (Å²) in [5.74, 6) is -2.87. The standard InChI is InChI=1S/C16H24O6/c1-5-8-10-20-15(18)13(7-3)14(22-12(4)17)16(19)21-11-9-6-2/h7H,3,5-6,8-11H2,1-2,4H3/b14-13-. The molecule has 0 fully saturated rings. The lowest BCUT2D eigenvalue weighted by Crippen LogP contribution is -2.20. The summed E-state index contributed by atoms with van der Waals surface area (Å²) in [6, 6.07) is 0. The van der Waals surface area contributed by atoms with Crippen molar-refractivity contribution in [1.29, 1.82) is 0 Å². The Hall–Kier alpha value is -2.11. The molecule has 0 heterocycles.